The number of amides is 1. The number of aromatic nitrogens is 3. The smallest absolute Gasteiger partial charge is 0.431 e. The van der Waals surface area contributed by atoms with E-state index in [1.807, 2.05) is 6.07 Å². The van der Waals surface area contributed by atoms with Crippen molar-refractivity contribution in [2.24, 2.45) is 0 Å². The summed E-state index contributed by atoms with van der Waals surface area (Å²) in [5.41, 5.74) is 0.879. The van der Waals surface area contributed by atoms with Crippen LogP contribution in [0.1, 0.15) is 18.5 Å². The first-order chi connectivity index (χ1) is 17.6. The lowest BCUT2D eigenvalue weighted by Crippen LogP contribution is -2.31. The van der Waals surface area contributed by atoms with Gasteiger partial charge in [0, 0.05) is 45.7 Å². The highest BCUT2D eigenvalue weighted by Crippen LogP contribution is 2.31. The number of H-pyrrole nitrogens is 1. The Morgan fingerprint density at radius 1 is 1.05 bits per heavy atom. The Labute approximate surface area is 218 Å². The van der Waals surface area contributed by atoms with E-state index in [2.05, 4.69) is 10.4 Å². The fraction of sp³-hybridized carbons (Fsp3) is 0.0800. The van der Waals surface area contributed by atoms with E-state index in [-0.39, 0.29) is 16.3 Å². The van der Waals surface area contributed by atoms with E-state index in [1.165, 1.54) is 55.6 Å². The van der Waals surface area contributed by atoms with Crippen LogP contribution in [0.25, 0.3) is 22.4 Å². The zero-order chi connectivity index (χ0) is 26.9. The molecule has 10 nitrogen and oxygen atoms in total. The van der Waals surface area contributed by atoms with Crippen LogP contribution >= 0.6 is 23.2 Å². The lowest BCUT2D eigenvalue weighted by molar-refractivity contribution is -0.118. The maximum atomic E-state index is 12.9. The van der Waals surface area contributed by atoms with Crippen LogP contribution in [0.4, 0.5) is 10.5 Å². The molecule has 0 saturated carbocycles. The van der Waals surface area contributed by atoms with Gasteiger partial charge in [0.05, 0.1) is 22.3 Å². The summed E-state index contributed by atoms with van der Waals surface area (Å²) in [4.78, 5) is 48.6. The van der Waals surface area contributed by atoms with Crippen molar-refractivity contribution in [2.75, 3.05) is 5.32 Å². The molecule has 2 heterocycles. The summed E-state index contributed by atoms with van der Waals surface area (Å²) in [6.45, 7) is 1.52. The van der Waals surface area contributed by atoms with Crippen molar-refractivity contribution in [1.82, 2.24) is 14.3 Å². The van der Waals surface area contributed by atoms with Crippen molar-refractivity contribution in [3.05, 3.63) is 97.1 Å². The number of carboxylic acid groups (broad SMARTS) is 1. The van der Waals surface area contributed by atoms with Crippen LogP contribution in [0.5, 0.6) is 0 Å². The molecule has 0 fully saturated rings. The fourth-order valence-corrected chi connectivity index (χ4v) is 4.15. The monoisotopic (exact) mass is 537 g/mol. The number of carbonyl (C=O) groups is 2. The molecule has 1 atom stereocenters. The van der Waals surface area contributed by atoms with Crippen LogP contribution in [0.3, 0.4) is 0 Å². The third-order valence-electron chi connectivity index (χ3n) is 5.59. The number of nitrogens with zero attached hydrogens (tertiary/aromatic N) is 3. The van der Waals surface area contributed by atoms with E-state index in [0.717, 1.165) is 10.6 Å². The highest BCUT2D eigenvalue weighted by molar-refractivity contribution is 6.34. The van der Waals surface area contributed by atoms with Gasteiger partial charge in [0.15, 0.2) is 0 Å². The first kappa shape index (κ1) is 25.5. The van der Waals surface area contributed by atoms with E-state index in [4.69, 9.17) is 23.2 Å². The van der Waals surface area contributed by atoms with Gasteiger partial charge in [0.2, 0.25) is 5.91 Å². The second-order valence-electron chi connectivity index (χ2n) is 7.95. The zero-order valence-corrected chi connectivity index (χ0v) is 20.5. The molecule has 0 saturated heterocycles. The number of aromatic amines is 1. The molecule has 2 aromatic heterocycles. The largest absolute Gasteiger partial charge is 0.463 e. The lowest BCUT2D eigenvalue weighted by Gasteiger charge is -2.17. The average Bonchev–Trinajstić information content (AvgIpc) is 3.27. The Balaban J connectivity index is 1.57. The zero-order valence-electron chi connectivity index (χ0n) is 19.0. The predicted octanol–water partition coefficient (Wildman–Crippen LogP) is 4.58. The molecule has 0 bridgehead atoms. The highest BCUT2D eigenvalue weighted by atomic mass is 35.5. The molecule has 12 heteroatoms. The molecule has 4 aromatic rings. The van der Waals surface area contributed by atoms with Gasteiger partial charge in [-0.25, -0.2) is 4.79 Å². The second-order valence-corrected chi connectivity index (χ2v) is 8.79. The Kier molecular flexibility index (Phi) is 7.02. The number of benzene rings is 2. The summed E-state index contributed by atoms with van der Waals surface area (Å²) in [6.07, 6.45) is -0.0243. The highest BCUT2D eigenvalue weighted by Gasteiger charge is 2.20. The van der Waals surface area contributed by atoms with Gasteiger partial charge in [0.1, 0.15) is 6.04 Å². The van der Waals surface area contributed by atoms with E-state index < -0.39 is 29.2 Å². The number of carbonyl (C=O) groups excluding carboxylic acids is 1. The number of nitriles is 1. The van der Waals surface area contributed by atoms with Crippen LogP contribution in [-0.2, 0) is 4.79 Å². The summed E-state index contributed by atoms with van der Waals surface area (Å²) in [6, 6.07) is 14.2. The van der Waals surface area contributed by atoms with Gasteiger partial charge in [-0.05, 0) is 37.3 Å². The number of halogens is 2. The van der Waals surface area contributed by atoms with Crippen molar-refractivity contribution in [1.29, 1.82) is 5.26 Å². The number of anilines is 1. The number of hydrogen-bond donors (Lipinski definition) is 3. The van der Waals surface area contributed by atoms with E-state index >= 15 is 0 Å². The quantitative estimate of drug-likeness (QED) is 0.339. The molecule has 1 amide bonds. The summed E-state index contributed by atoms with van der Waals surface area (Å²) in [5, 5.41) is 24.0. The first-order valence-corrected chi connectivity index (χ1v) is 11.4. The van der Waals surface area contributed by atoms with E-state index in [1.54, 1.807) is 6.07 Å². The van der Waals surface area contributed by atoms with Crippen molar-refractivity contribution < 1.29 is 14.7 Å². The molecule has 3 N–H and O–H groups in total. The Morgan fingerprint density at radius 3 is 2.41 bits per heavy atom. The molecular weight excluding hydrogens is 521 g/mol. The third-order valence-corrected chi connectivity index (χ3v) is 6.13. The van der Waals surface area contributed by atoms with Gasteiger partial charge >= 0.3 is 6.09 Å². The lowest BCUT2D eigenvalue weighted by atomic mass is 10.0. The second kappa shape index (κ2) is 10.2. The van der Waals surface area contributed by atoms with Crippen molar-refractivity contribution in [2.45, 2.75) is 13.0 Å². The van der Waals surface area contributed by atoms with Crippen LogP contribution < -0.4 is 16.4 Å². The van der Waals surface area contributed by atoms with Gasteiger partial charge in [-0.1, -0.05) is 35.3 Å². The molecule has 0 spiro atoms. The Hall–Kier alpha value is -4.59. The SMILES string of the molecule is CC(C(=O)Nc1ccc(-c2cc(=O)[nH]n2C(=O)O)cc1)n1cc(Cl)c(-c2cc(Cl)ccc2C#N)cc1=O. The average molecular weight is 538 g/mol. The summed E-state index contributed by atoms with van der Waals surface area (Å²) >= 11 is 12.5. The van der Waals surface area contributed by atoms with Crippen LogP contribution in [-0.4, -0.2) is 31.5 Å². The normalized spacial score (nSPS) is 11.5. The Bertz CT molecular complexity index is 1700. The van der Waals surface area contributed by atoms with E-state index in [9.17, 15) is 29.5 Å². The molecule has 0 aliphatic rings. The number of rotatable bonds is 5. The van der Waals surface area contributed by atoms with Gasteiger partial charge in [0.25, 0.3) is 11.1 Å². The molecule has 37 heavy (non-hydrogen) atoms. The Morgan fingerprint density at radius 2 is 1.76 bits per heavy atom. The van der Waals surface area contributed by atoms with Crippen LogP contribution in [0, 0.1) is 11.3 Å². The molecule has 2 aromatic carbocycles. The van der Waals surface area contributed by atoms with Gasteiger partial charge in [-0.15, -0.1) is 0 Å². The minimum absolute atomic E-state index is 0.143. The van der Waals surface area contributed by atoms with Gasteiger partial charge in [-0.3, -0.25) is 19.5 Å². The minimum atomic E-state index is -1.35. The van der Waals surface area contributed by atoms with Gasteiger partial charge in [-0.2, -0.15) is 9.94 Å². The van der Waals surface area contributed by atoms with Gasteiger partial charge < -0.3 is 15.0 Å². The number of nitrogens with one attached hydrogen (secondary N) is 2. The standard InChI is InChI=1S/C25H17Cl2N5O5/c1-13(31-12-20(27)19(9-23(31)34)18-8-16(26)5-2-15(18)11-28)24(35)29-17-6-3-14(4-7-17)21-10-22(33)30-32(21)25(36)37/h2-10,12-13H,1H3,(H,29,35)(H,30,33)(H,36,37). The number of hydrogen-bond acceptors (Lipinski definition) is 5. The van der Waals surface area contributed by atoms with Crippen molar-refractivity contribution in [3.8, 4) is 28.5 Å². The third kappa shape index (κ3) is 5.18. The maximum absolute atomic E-state index is 12.9. The molecule has 0 aliphatic heterocycles. The van der Waals surface area contributed by atoms with E-state index in [0.29, 0.717) is 32.1 Å². The molecule has 0 radical (unpaired) electrons. The molecule has 186 valence electrons. The summed E-state index contributed by atoms with van der Waals surface area (Å²) in [5.74, 6) is -0.511. The van der Waals surface area contributed by atoms with Crippen LogP contribution in [0.2, 0.25) is 10.0 Å². The minimum Gasteiger partial charge on any atom is -0.463 e. The summed E-state index contributed by atoms with van der Waals surface area (Å²) < 4.78 is 1.86. The first-order valence-electron chi connectivity index (χ1n) is 10.7. The fourth-order valence-electron chi connectivity index (χ4n) is 3.72. The molecule has 1 unspecified atom stereocenters. The van der Waals surface area contributed by atoms with Crippen LogP contribution in [0.15, 0.2) is 70.4 Å². The van der Waals surface area contributed by atoms with Crippen molar-refractivity contribution in [3.63, 3.8) is 0 Å². The molecular formula is C25H17Cl2N5O5. The predicted molar refractivity (Wildman–Crippen MR) is 138 cm³/mol. The number of pyridine rings is 1. The molecule has 4 rings (SSSR count). The summed E-state index contributed by atoms with van der Waals surface area (Å²) in [7, 11) is 0. The van der Waals surface area contributed by atoms with Crippen molar-refractivity contribution >= 4 is 40.9 Å². The maximum Gasteiger partial charge on any atom is 0.431 e. The topological polar surface area (TPSA) is 150 Å². The molecule has 0 aliphatic carbocycles.